The second-order valence-corrected chi connectivity index (χ2v) is 19.7. The van der Waals surface area contributed by atoms with Crippen LogP contribution in [0.3, 0.4) is 0 Å². The Bertz CT molecular complexity index is 1070. The maximum absolute atomic E-state index is 4.21. The quantitative estimate of drug-likeness (QED) is 0.289. The molecule has 0 amide bonds. The summed E-state index contributed by atoms with van der Waals surface area (Å²) in [5.41, 5.74) is 1.68. The maximum atomic E-state index is 4.21. The molecule has 7 rings (SSSR count). The average Bonchev–Trinajstić information content (AvgIpc) is 3.56. The minimum Gasteiger partial charge on any atom is -0.297 e. The summed E-state index contributed by atoms with van der Waals surface area (Å²) in [7, 11) is 0. The Morgan fingerprint density at radius 2 is 1.45 bits per heavy atom. The van der Waals surface area contributed by atoms with Gasteiger partial charge in [0.05, 0.1) is 6.17 Å². The molecule has 0 aromatic heterocycles. The predicted octanol–water partition coefficient (Wildman–Crippen LogP) is 12.6. The van der Waals surface area contributed by atoms with Gasteiger partial charge in [0.2, 0.25) is 0 Å². The van der Waals surface area contributed by atoms with Crippen LogP contribution in [0.15, 0.2) is 23.8 Å². The van der Waals surface area contributed by atoms with Crippen molar-refractivity contribution in [1.29, 1.82) is 0 Å². The van der Waals surface area contributed by atoms with Gasteiger partial charge in [-0.2, -0.15) is 0 Å². The van der Waals surface area contributed by atoms with Gasteiger partial charge in [0, 0.05) is 12.6 Å². The summed E-state index contributed by atoms with van der Waals surface area (Å²) < 4.78 is 0. The molecule has 0 aromatic carbocycles. The van der Waals surface area contributed by atoms with Crippen LogP contribution in [0.4, 0.5) is 0 Å². The third-order valence-corrected chi connectivity index (χ3v) is 16.7. The van der Waals surface area contributed by atoms with Gasteiger partial charge in [0.15, 0.2) is 0 Å². The first-order valence-corrected chi connectivity index (χ1v) is 22.9. The lowest BCUT2D eigenvalue weighted by molar-refractivity contribution is 0.0211. The monoisotopic (exact) mass is 673 g/mol. The highest BCUT2D eigenvalue weighted by molar-refractivity contribution is 5.27. The molecule has 6 fully saturated rings. The Labute approximate surface area is 304 Å². The summed E-state index contributed by atoms with van der Waals surface area (Å²) in [5.74, 6) is 11.0. The van der Waals surface area contributed by atoms with Gasteiger partial charge >= 0.3 is 0 Å². The Kier molecular flexibility index (Phi) is 13.1. The molecule has 0 aromatic rings. The molecule has 2 heterocycles. The highest BCUT2D eigenvalue weighted by atomic mass is 15.3. The van der Waals surface area contributed by atoms with Crippen LogP contribution < -0.4 is 5.32 Å². The van der Waals surface area contributed by atoms with Crippen molar-refractivity contribution < 1.29 is 0 Å². The van der Waals surface area contributed by atoms with Crippen LogP contribution in [0, 0.1) is 71.0 Å². The van der Waals surface area contributed by atoms with E-state index in [0.29, 0.717) is 24.0 Å². The third kappa shape index (κ3) is 8.79. The number of hydrogen-bond donors (Lipinski definition) is 1. The molecular weight excluding hydrogens is 593 g/mol. The van der Waals surface area contributed by atoms with Gasteiger partial charge in [-0.25, -0.2) is 0 Å². The van der Waals surface area contributed by atoms with Crippen LogP contribution in [0.1, 0.15) is 175 Å². The van der Waals surface area contributed by atoms with Crippen LogP contribution in [-0.2, 0) is 0 Å². The lowest BCUT2D eigenvalue weighted by atomic mass is 9.57. The molecule has 13 atom stereocenters. The number of allylic oxidation sites excluding steroid dienone is 3. The molecule has 0 radical (unpaired) electrons. The molecule has 4 saturated carbocycles. The van der Waals surface area contributed by atoms with E-state index in [1.807, 2.05) is 0 Å². The number of piperidine rings is 1. The molecule has 2 nitrogen and oxygen atoms in total. The molecule has 5 aliphatic carbocycles. The Morgan fingerprint density at radius 3 is 2.22 bits per heavy atom. The number of fused-ring (bicyclic) bond motifs is 2. The molecule has 2 aliphatic heterocycles. The molecule has 0 spiro atoms. The summed E-state index contributed by atoms with van der Waals surface area (Å²) in [5, 5.41) is 4.21. The fraction of sp³-hybridized carbons (Fsp3) is 0.915. The summed E-state index contributed by atoms with van der Waals surface area (Å²) in [4.78, 5) is 2.83. The first-order valence-electron chi connectivity index (χ1n) is 22.9. The topological polar surface area (TPSA) is 15.3 Å². The predicted molar refractivity (Wildman–Crippen MR) is 210 cm³/mol. The van der Waals surface area contributed by atoms with Crippen LogP contribution in [0.25, 0.3) is 0 Å². The first-order chi connectivity index (χ1) is 24.0. The van der Waals surface area contributed by atoms with Gasteiger partial charge in [-0.05, 0) is 147 Å². The van der Waals surface area contributed by atoms with Crippen molar-refractivity contribution in [3.8, 4) is 0 Å². The normalized spacial score (nSPS) is 44.7. The summed E-state index contributed by atoms with van der Waals surface area (Å²) >= 11 is 0. The van der Waals surface area contributed by atoms with Gasteiger partial charge in [-0.1, -0.05) is 129 Å². The number of hydrogen-bond acceptors (Lipinski definition) is 2. The summed E-state index contributed by atoms with van der Waals surface area (Å²) in [6.07, 6.45) is 43.1. The third-order valence-electron chi connectivity index (χ3n) is 16.7. The SMILES string of the molecule is CCCC1CCC(C2CCCCCCC(C(C)C=C3C=CC(C4CN5CCC(C6CCCCC6)CC5N4)CC3C)C3CCCCC23)CC1C. The van der Waals surface area contributed by atoms with Gasteiger partial charge in [0.25, 0.3) is 0 Å². The van der Waals surface area contributed by atoms with Crippen molar-refractivity contribution in [2.45, 2.75) is 188 Å². The highest BCUT2D eigenvalue weighted by Gasteiger charge is 2.44. The van der Waals surface area contributed by atoms with E-state index in [2.05, 4.69) is 56.1 Å². The molecule has 13 unspecified atom stereocenters. The van der Waals surface area contributed by atoms with Crippen LogP contribution in [0.5, 0.6) is 0 Å². The Morgan fingerprint density at radius 1 is 0.735 bits per heavy atom. The minimum absolute atomic E-state index is 0.654. The fourth-order valence-electron chi connectivity index (χ4n) is 14.0. The molecule has 1 N–H and O–H groups in total. The summed E-state index contributed by atoms with van der Waals surface area (Å²) in [6, 6.07) is 0.658. The van der Waals surface area contributed by atoms with E-state index in [0.717, 1.165) is 59.2 Å². The van der Waals surface area contributed by atoms with E-state index < -0.39 is 0 Å². The highest BCUT2D eigenvalue weighted by Crippen LogP contribution is 2.52. The zero-order valence-electron chi connectivity index (χ0n) is 32.9. The Balaban J connectivity index is 1.00. The molecule has 278 valence electrons. The molecule has 49 heavy (non-hydrogen) atoms. The molecular formula is C47H80N2. The molecule has 2 saturated heterocycles. The van der Waals surface area contributed by atoms with Crippen LogP contribution >= 0.6 is 0 Å². The van der Waals surface area contributed by atoms with E-state index in [1.165, 1.54) is 135 Å². The van der Waals surface area contributed by atoms with Gasteiger partial charge in [-0.15, -0.1) is 0 Å². The lowest BCUT2D eigenvalue weighted by Crippen LogP contribution is -2.45. The molecule has 0 bridgehead atoms. The standard InChI is InChI=1S/C47H80N2/c1-5-15-36-22-24-40(28-33(36)2)43-19-12-7-6-11-18-42(44-20-13-14-21-45(43)44)35(4)30-38-23-25-41(29-34(38)3)46-32-49-27-26-39(31-47(49)48-46)37-16-9-8-10-17-37/h23,25,30,33-37,39-48H,5-22,24,26-29,31-32H2,1-4H3. The smallest absolute Gasteiger partial charge is 0.0603 e. The zero-order chi connectivity index (χ0) is 33.7. The Hall–Kier alpha value is -0.600. The molecule has 2 heteroatoms. The minimum atomic E-state index is 0.654. The van der Waals surface area contributed by atoms with Crippen LogP contribution in [-0.4, -0.2) is 30.2 Å². The van der Waals surface area contributed by atoms with Gasteiger partial charge < -0.3 is 0 Å². The van der Waals surface area contributed by atoms with Gasteiger partial charge in [-0.3, -0.25) is 10.2 Å². The summed E-state index contributed by atoms with van der Waals surface area (Å²) in [6.45, 7) is 12.9. The maximum Gasteiger partial charge on any atom is 0.0603 e. The van der Waals surface area contributed by atoms with E-state index in [4.69, 9.17) is 0 Å². The molecule has 7 aliphatic rings. The van der Waals surface area contributed by atoms with E-state index in [-0.39, 0.29) is 0 Å². The second kappa shape index (κ2) is 17.5. The van der Waals surface area contributed by atoms with Crippen molar-refractivity contribution in [2.24, 2.45) is 71.0 Å². The number of nitrogens with zero attached hydrogens (tertiary/aromatic N) is 1. The van der Waals surface area contributed by atoms with Crippen molar-refractivity contribution in [3.05, 3.63) is 23.8 Å². The van der Waals surface area contributed by atoms with Gasteiger partial charge in [0.1, 0.15) is 0 Å². The first kappa shape index (κ1) is 36.7. The zero-order valence-corrected chi connectivity index (χ0v) is 32.9. The van der Waals surface area contributed by atoms with E-state index in [9.17, 15) is 0 Å². The van der Waals surface area contributed by atoms with E-state index in [1.54, 1.807) is 31.3 Å². The number of rotatable bonds is 7. The average molecular weight is 673 g/mol. The van der Waals surface area contributed by atoms with Crippen molar-refractivity contribution in [1.82, 2.24) is 10.2 Å². The fourth-order valence-corrected chi connectivity index (χ4v) is 14.0. The largest absolute Gasteiger partial charge is 0.297 e. The van der Waals surface area contributed by atoms with Crippen molar-refractivity contribution in [3.63, 3.8) is 0 Å². The van der Waals surface area contributed by atoms with Crippen molar-refractivity contribution in [2.75, 3.05) is 13.1 Å². The van der Waals surface area contributed by atoms with E-state index >= 15 is 0 Å². The van der Waals surface area contributed by atoms with Crippen molar-refractivity contribution >= 4 is 0 Å². The second-order valence-electron chi connectivity index (χ2n) is 19.7. The number of nitrogens with one attached hydrogen (secondary N) is 1. The lowest BCUT2D eigenvalue weighted by Gasteiger charge is -2.48. The van der Waals surface area contributed by atoms with Crippen LogP contribution in [0.2, 0.25) is 0 Å².